The normalized spacial score (nSPS) is 21.9. The van der Waals surface area contributed by atoms with Crippen molar-refractivity contribution in [1.29, 1.82) is 0 Å². The molecule has 118 valence electrons. The van der Waals surface area contributed by atoms with E-state index in [1.807, 2.05) is 0 Å². The third-order valence-electron chi connectivity index (χ3n) is 4.05. The number of halogens is 2. The van der Waals surface area contributed by atoms with Crippen molar-refractivity contribution in [3.8, 4) is 5.75 Å². The van der Waals surface area contributed by atoms with Crippen molar-refractivity contribution in [3.05, 3.63) is 41.1 Å². The molecule has 2 aromatic rings. The van der Waals surface area contributed by atoms with Gasteiger partial charge in [-0.2, -0.15) is 4.98 Å². The minimum Gasteiger partial charge on any atom is -0.490 e. The molecule has 0 saturated heterocycles. The maximum absolute atomic E-state index is 14.0. The molecule has 23 heavy (non-hydrogen) atoms. The van der Waals surface area contributed by atoms with Crippen LogP contribution in [0.25, 0.3) is 0 Å². The number of benzene rings is 1. The van der Waals surface area contributed by atoms with E-state index in [2.05, 4.69) is 15.3 Å². The molecule has 0 amide bonds. The third-order valence-corrected chi connectivity index (χ3v) is 4.23. The second-order valence-corrected chi connectivity index (χ2v) is 5.66. The number of aromatic nitrogens is 2. The standard InChI is InChI=1S/C15H12ClFN4O2/c16-15-18-6-10-14(20-15)21(12(7-22)19-10)11-4-5-23-13-8(11)2-1-3-9(13)17/h1-3,6-7,11-12,19H,4-5H2/t11-,12?/m1/s1. The molecule has 1 unspecified atom stereocenters. The Morgan fingerprint density at radius 1 is 1.48 bits per heavy atom. The summed E-state index contributed by atoms with van der Waals surface area (Å²) < 4.78 is 19.5. The molecule has 2 aliphatic rings. The first-order chi connectivity index (χ1) is 11.2. The number of carbonyl (C=O) groups excluding carboxylic acids is 1. The molecule has 0 bridgehead atoms. The molecule has 0 fully saturated rings. The van der Waals surface area contributed by atoms with Gasteiger partial charge >= 0.3 is 0 Å². The Balaban J connectivity index is 1.84. The number of fused-ring (bicyclic) bond motifs is 2. The number of carbonyl (C=O) groups is 1. The van der Waals surface area contributed by atoms with Crippen LogP contribution < -0.4 is 15.0 Å². The molecule has 0 aliphatic carbocycles. The average molecular weight is 335 g/mol. The van der Waals surface area contributed by atoms with Gasteiger partial charge in [-0.25, -0.2) is 9.37 Å². The van der Waals surface area contributed by atoms with Crippen LogP contribution in [0.15, 0.2) is 24.4 Å². The third kappa shape index (κ3) is 2.19. The topological polar surface area (TPSA) is 67.4 Å². The molecule has 1 N–H and O–H groups in total. The zero-order valence-corrected chi connectivity index (χ0v) is 12.6. The van der Waals surface area contributed by atoms with Crippen LogP contribution in [0.2, 0.25) is 5.28 Å². The van der Waals surface area contributed by atoms with E-state index in [0.717, 1.165) is 6.29 Å². The Bertz CT molecular complexity index is 788. The molecule has 6 nitrogen and oxygen atoms in total. The van der Waals surface area contributed by atoms with E-state index in [0.29, 0.717) is 30.1 Å². The van der Waals surface area contributed by atoms with Crippen molar-refractivity contribution in [1.82, 2.24) is 9.97 Å². The summed E-state index contributed by atoms with van der Waals surface area (Å²) in [6, 6.07) is 4.53. The number of hydrogen-bond donors (Lipinski definition) is 1. The van der Waals surface area contributed by atoms with Gasteiger partial charge in [-0.15, -0.1) is 0 Å². The fourth-order valence-corrected chi connectivity index (χ4v) is 3.24. The summed E-state index contributed by atoms with van der Waals surface area (Å²) in [5, 5.41) is 3.14. The summed E-state index contributed by atoms with van der Waals surface area (Å²) in [6.45, 7) is 0.356. The van der Waals surface area contributed by atoms with Crippen molar-refractivity contribution in [2.75, 3.05) is 16.8 Å². The minimum absolute atomic E-state index is 0.0913. The van der Waals surface area contributed by atoms with Gasteiger partial charge < -0.3 is 15.0 Å². The molecule has 2 aliphatic heterocycles. The van der Waals surface area contributed by atoms with E-state index in [4.69, 9.17) is 16.3 Å². The highest BCUT2D eigenvalue weighted by molar-refractivity contribution is 6.28. The van der Waals surface area contributed by atoms with E-state index in [9.17, 15) is 9.18 Å². The lowest BCUT2D eigenvalue weighted by molar-refractivity contribution is -0.108. The Labute approximate surface area is 136 Å². The Morgan fingerprint density at radius 3 is 3.17 bits per heavy atom. The molecular weight excluding hydrogens is 323 g/mol. The molecule has 4 rings (SSSR count). The number of nitrogens with zero attached hydrogens (tertiary/aromatic N) is 3. The van der Waals surface area contributed by atoms with E-state index in [1.54, 1.807) is 17.0 Å². The lowest BCUT2D eigenvalue weighted by Gasteiger charge is -2.35. The summed E-state index contributed by atoms with van der Waals surface area (Å²) in [7, 11) is 0. The van der Waals surface area contributed by atoms with E-state index in [1.165, 1.54) is 12.3 Å². The molecule has 3 heterocycles. The first-order valence-electron chi connectivity index (χ1n) is 7.13. The first kappa shape index (κ1) is 14.2. The zero-order chi connectivity index (χ0) is 16.0. The van der Waals surface area contributed by atoms with Gasteiger partial charge in [0.2, 0.25) is 5.28 Å². The molecular formula is C15H12ClFN4O2. The van der Waals surface area contributed by atoms with Crippen molar-refractivity contribution >= 4 is 29.4 Å². The number of anilines is 2. The second kappa shape index (κ2) is 5.34. The van der Waals surface area contributed by atoms with Gasteiger partial charge in [0.15, 0.2) is 29.8 Å². The largest absolute Gasteiger partial charge is 0.490 e. The molecule has 8 heteroatoms. The molecule has 0 radical (unpaired) electrons. The smallest absolute Gasteiger partial charge is 0.224 e. The first-order valence-corrected chi connectivity index (χ1v) is 7.51. The van der Waals surface area contributed by atoms with Crippen molar-refractivity contribution in [2.24, 2.45) is 0 Å². The summed E-state index contributed by atoms with van der Waals surface area (Å²) in [5.41, 5.74) is 1.31. The van der Waals surface area contributed by atoms with Crippen LogP contribution in [-0.4, -0.2) is 29.0 Å². The SMILES string of the molecule is O=CC1Nc2cnc(Cl)nc2N1[C@@H]1CCOc2c(F)cccc21. The van der Waals surface area contributed by atoms with Crippen LogP contribution in [0.3, 0.4) is 0 Å². The van der Waals surface area contributed by atoms with Gasteiger partial charge in [0.1, 0.15) is 0 Å². The summed E-state index contributed by atoms with van der Waals surface area (Å²) >= 11 is 5.89. The highest BCUT2D eigenvalue weighted by Gasteiger charge is 2.39. The van der Waals surface area contributed by atoms with Crippen LogP contribution in [0.1, 0.15) is 18.0 Å². The lowest BCUT2D eigenvalue weighted by atomic mass is 9.98. The van der Waals surface area contributed by atoms with E-state index in [-0.39, 0.29) is 17.1 Å². The minimum atomic E-state index is -0.614. The highest BCUT2D eigenvalue weighted by Crippen LogP contribution is 2.44. The van der Waals surface area contributed by atoms with Crippen LogP contribution in [0, 0.1) is 5.82 Å². The van der Waals surface area contributed by atoms with Gasteiger partial charge in [0, 0.05) is 12.0 Å². The quantitative estimate of drug-likeness (QED) is 0.672. The number of para-hydroxylation sites is 1. The van der Waals surface area contributed by atoms with E-state index >= 15 is 0 Å². The summed E-state index contributed by atoms with van der Waals surface area (Å²) in [6.07, 6.45) is 2.30. The number of rotatable bonds is 2. The Hall–Kier alpha value is -2.41. The molecule has 2 atom stereocenters. The van der Waals surface area contributed by atoms with Crippen molar-refractivity contribution < 1.29 is 13.9 Å². The van der Waals surface area contributed by atoms with Gasteiger partial charge in [-0.05, 0) is 17.7 Å². The number of aldehydes is 1. The number of hydrogen-bond acceptors (Lipinski definition) is 6. The fraction of sp³-hybridized carbons (Fsp3) is 0.267. The highest BCUT2D eigenvalue weighted by atomic mass is 35.5. The van der Waals surface area contributed by atoms with Crippen LogP contribution >= 0.6 is 11.6 Å². The number of nitrogens with one attached hydrogen (secondary N) is 1. The maximum Gasteiger partial charge on any atom is 0.224 e. The zero-order valence-electron chi connectivity index (χ0n) is 11.9. The van der Waals surface area contributed by atoms with Gasteiger partial charge in [0.05, 0.1) is 24.5 Å². The van der Waals surface area contributed by atoms with E-state index < -0.39 is 12.0 Å². The van der Waals surface area contributed by atoms with Crippen LogP contribution in [0.5, 0.6) is 5.75 Å². The monoisotopic (exact) mass is 334 g/mol. The van der Waals surface area contributed by atoms with Gasteiger partial charge in [-0.3, -0.25) is 4.79 Å². The lowest BCUT2D eigenvalue weighted by Crippen LogP contribution is -2.42. The number of ether oxygens (including phenoxy) is 1. The molecule has 0 saturated carbocycles. The average Bonchev–Trinajstić information content (AvgIpc) is 2.92. The van der Waals surface area contributed by atoms with Gasteiger partial charge in [0.25, 0.3) is 0 Å². The van der Waals surface area contributed by atoms with Crippen LogP contribution in [-0.2, 0) is 4.79 Å². The van der Waals surface area contributed by atoms with Crippen LogP contribution in [0.4, 0.5) is 15.9 Å². The second-order valence-electron chi connectivity index (χ2n) is 5.32. The Morgan fingerprint density at radius 2 is 2.35 bits per heavy atom. The van der Waals surface area contributed by atoms with Crippen molar-refractivity contribution in [3.63, 3.8) is 0 Å². The van der Waals surface area contributed by atoms with Crippen molar-refractivity contribution in [2.45, 2.75) is 18.6 Å². The maximum atomic E-state index is 14.0. The molecule has 1 aromatic carbocycles. The summed E-state index contributed by atoms with van der Waals surface area (Å²) in [5.74, 6) is 0.342. The fourth-order valence-electron chi connectivity index (χ4n) is 3.11. The predicted molar refractivity (Wildman–Crippen MR) is 82.2 cm³/mol. The Kier molecular flexibility index (Phi) is 3.30. The predicted octanol–water partition coefficient (Wildman–Crippen LogP) is 2.55. The van der Waals surface area contributed by atoms with Gasteiger partial charge in [-0.1, -0.05) is 12.1 Å². The molecule has 1 aromatic heterocycles. The molecule has 0 spiro atoms. The summed E-state index contributed by atoms with van der Waals surface area (Å²) in [4.78, 5) is 21.5.